The average Bonchev–Trinajstić information content (AvgIpc) is 2.87. The molecule has 0 bridgehead atoms. The molecular weight excluding hydrogens is 408 g/mol. The summed E-state index contributed by atoms with van der Waals surface area (Å²) < 4.78 is 1.43. The molecule has 1 aromatic heterocycles. The molecule has 1 heterocycles. The monoisotopic (exact) mass is 434 g/mol. The van der Waals surface area contributed by atoms with Gasteiger partial charge >= 0.3 is 0 Å². The molecule has 0 N–H and O–H groups in total. The number of carbonyl (C=O) groups is 1. The van der Waals surface area contributed by atoms with Crippen molar-refractivity contribution in [3.05, 3.63) is 142 Å². The van der Waals surface area contributed by atoms with Gasteiger partial charge in [-0.2, -0.15) is 0 Å². The number of pyridine rings is 1. The topological polar surface area (TPSA) is 42.3 Å². The van der Waals surface area contributed by atoms with E-state index in [0.717, 1.165) is 23.1 Å². The fraction of sp³-hybridized carbons (Fsp3) is 0.103. The molecule has 1 amide bonds. The highest BCUT2D eigenvalue weighted by Crippen LogP contribution is 2.17. The molecule has 0 saturated heterocycles. The zero-order valence-electron chi connectivity index (χ0n) is 18.4. The van der Waals surface area contributed by atoms with Gasteiger partial charge in [-0.25, -0.2) is 0 Å². The van der Waals surface area contributed by atoms with Crippen molar-refractivity contribution in [1.29, 1.82) is 0 Å². The van der Waals surface area contributed by atoms with Crippen LogP contribution in [0.25, 0.3) is 11.8 Å². The van der Waals surface area contributed by atoms with Gasteiger partial charge in [0.2, 0.25) is 0 Å². The quantitative estimate of drug-likeness (QED) is 0.361. The van der Waals surface area contributed by atoms with Crippen molar-refractivity contribution in [3.63, 3.8) is 0 Å². The van der Waals surface area contributed by atoms with Gasteiger partial charge in [0.1, 0.15) is 5.70 Å². The Hall–Kier alpha value is -4.18. The molecule has 4 rings (SSSR count). The molecule has 0 aliphatic carbocycles. The van der Waals surface area contributed by atoms with E-state index in [-0.39, 0.29) is 11.5 Å². The van der Waals surface area contributed by atoms with Crippen molar-refractivity contribution < 1.29 is 4.79 Å². The Morgan fingerprint density at radius 3 is 1.94 bits per heavy atom. The van der Waals surface area contributed by atoms with Crippen LogP contribution in [0.15, 0.2) is 120 Å². The van der Waals surface area contributed by atoms with E-state index in [1.54, 1.807) is 24.4 Å². The molecule has 4 nitrogen and oxygen atoms in total. The van der Waals surface area contributed by atoms with Gasteiger partial charge in [0.05, 0.1) is 0 Å². The summed E-state index contributed by atoms with van der Waals surface area (Å²) in [4.78, 5) is 28.4. The third-order valence-corrected chi connectivity index (χ3v) is 5.42. The number of hydrogen-bond acceptors (Lipinski definition) is 2. The molecule has 0 spiro atoms. The van der Waals surface area contributed by atoms with E-state index in [0.29, 0.717) is 18.8 Å². The summed E-state index contributed by atoms with van der Waals surface area (Å²) in [5, 5.41) is 0. The Labute approximate surface area is 194 Å². The summed E-state index contributed by atoms with van der Waals surface area (Å²) in [5.41, 5.74) is 3.15. The normalized spacial score (nSPS) is 11.2. The van der Waals surface area contributed by atoms with Crippen LogP contribution in [0.1, 0.15) is 16.7 Å². The van der Waals surface area contributed by atoms with E-state index in [2.05, 4.69) is 12.1 Å². The molecule has 164 valence electrons. The predicted octanol–water partition coefficient (Wildman–Crippen LogP) is 5.12. The third kappa shape index (κ3) is 5.95. The van der Waals surface area contributed by atoms with Gasteiger partial charge in [-0.05, 0) is 35.3 Å². The molecule has 0 aliphatic heterocycles. The lowest BCUT2D eigenvalue weighted by Gasteiger charge is -2.25. The molecule has 0 fully saturated rings. The fourth-order valence-electron chi connectivity index (χ4n) is 3.69. The maximum absolute atomic E-state index is 13.9. The standard InChI is InChI=1S/C29H26N2O2/c32-28-18-10-11-20-31(28)27(22-25-14-6-2-7-15-25)29(33)30(23-26-16-8-3-9-17-26)21-19-24-12-4-1-5-13-24/h1-18,20,22H,19,21,23H2. The first-order valence-corrected chi connectivity index (χ1v) is 11.0. The van der Waals surface area contributed by atoms with Gasteiger partial charge in [0.25, 0.3) is 11.5 Å². The Balaban J connectivity index is 1.71. The second kappa shape index (κ2) is 10.9. The minimum atomic E-state index is -0.240. The van der Waals surface area contributed by atoms with E-state index >= 15 is 0 Å². The molecule has 0 atom stereocenters. The van der Waals surface area contributed by atoms with Crippen LogP contribution in [0.2, 0.25) is 0 Å². The SMILES string of the molecule is O=C(C(=Cc1ccccc1)n1ccccc1=O)N(CCc1ccccc1)Cc1ccccc1. The Kier molecular flexibility index (Phi) is 7.29. The third-order valence-electron chi connectivity index (χ3n) is 5.42. The zero-order chi connectivity index (χ0) is 22.9. The second-order valence-electron chi connectivity index (χ2n) is 7.80. The van der Waals surface area contributed by atoms with Crippen molar-refractivity contribution in [2.24, 2.45) is 0 Å². The Bertz CT molecular complexity index is 1260. The zero-order valence-corrected chi connectivity index (χ0v) is 18.4. The van der Waals surface area contributed by atoms with Crippen molar-refractivity contribution in [3.8, 4) is 0 Å². The largest absolute Gasteiger partial charge is 0.333 e. The van der Waals surface area contributed by atoms with Gasteiger partial charge in [0.15, 0.2) is 0 Å². The van der Waals surface area contributed by atoms with Gasteiger partial charge in [-0.15, -0.1) is 0 Å². The molecule has 0 unspecified atom stereocenters. The first-order chi connectivity index (χ1) is 16.2. The van der Waals surface area contributed by atoms with Crippen LogP contribution < -0.4 is 5.56 Å². The number of hydrogen-bond donors (Lipinski definition) is 0. The van der Waals surface area contributed by atoms with Crippen LogP contribution in [0.4, 0.5) is 0 Å². The highest BCUT2D eigenvalue weighted by atomic mass is 16.2. The van der Waals surface area contributed by atoms with Crippen molar-refractivity contribution in [2.75, 3.05) is 6.54 Å². The average molecular weight is 435 g/mol. The van der Waals surface area contributed by atoms with Crippen molar-refractivity contribution in [1.82, 2.24) is 9.47 Å². The minimum Gasteiger partial charge on any atom is -0.333 e. The second-order valence-corrected chi connectivity index (χ2v) is 7.80. The lowest BCUT2D eigenvalue weighted by Crippen LogP contribution is -2.36. The van der Waals surface area contributed by atoms with Gasteiger partial charge in [-0.1, -0.05) is 97.1 Å². The molecule has 0 aliphatic rings. The number of nitrogens with zero attached hydrogens (tertiary/aromatic N) is 2. The molecule has 3 aromatic carbocycles. The van der Waals surface area contributed by atoms with Crippen LogP contribution in [0.5, 0.6) is 0 Å². The lowest BCUT2D eigenvalue weighted by atomic mass is 10.1. The van der Waals surface area contributed by atoms with Crippen molar-refractivity contribution >= 4 is 17.7 Å². The van der Waals surface area contributed by atoms with E-state index < -0.39 is 0 Å². The van der Waals surface area contributed by atoms with Crippen LogP contribution in [-0.4, -0.2) is 21.9 Å². The molecule has 4 heteroatoms. The highest BCUT2D eigenvalue weighted by molar-refractivity contribution is 6.18. The minimum absolute atomic E-state index is 0.188. The Morgan fingerprint density at radius 1 is 0.727 bits per heavy atom. The molecule has 0 saturated carbocycles. The lowest BCUT2D eigenvalue weighted by molar-refractivity contribution is -0.126. The van der Waals surface area contributed by atoms with Crippen LogP contribution >= 0.6 is 0 Å². The number of amides is 1. The van der Waals surface area contributed by atoms with Gasteiger partial charge in [-0.3, -0.25) is 14.2 Å². The molecular formula is C29H26N2O2. The number of benzene rings is 3. The van der Waals surface area contributed by atoms with Crippen LogP contribution in [-0.2, 0) is 17.8 Å². The number of carbonyl (C=O) groups excluding carboxylic acids is 1. The number of aromatic nitrogens is 1. The molecule has 33 heavy (non-hydrogen) atoms. The van der Waals surface area contributed by atoms with E-state index in [4.69, 9.17) is 0 Å². The van der Waals surface area contributed by atoms with E-state index in [1.807, 2.05) is 83.8 Å². The fourth-order valence-corrected chi connectivity index (χ4v) is 3.69. The Morgan fingerprint density at radius 2 is 1.30 bits per heavy atom. The highest BCUT2D eigenvalue weighted by Gasteiger charge is 2.21. The first kappa shape index (κ1) is 22.0. The summed E-state index contributed by atoms with van der Waals surface area (Å²) in [6.45, 7) is 0.992. The number of rotatable bonds is 8. The first-order valence-electron chi connectivity index (χ1n) is 11.0. The van der Waals surface area contributed by atoms with Gasteiger partial charge < -0.3 is 4.90 Å². The van der Waals surface area contributed by atoms with Crippen molar-refractivity contribution in [2.45, 2.75) is 13.0 Å². The molecule has 0 radical (unpaired) electrons. The summed E-state index contributed by atoms with van der Waals surface area (Å²) in [6, 6.07) is 34.6. The van der Waals surface area contributed by atoms with E-state index in [1.165, 1.54) is 10.6 Å². The summed E-state index contributed by atoms with van der Waals surface area (Å²) in [7, 11) is 0. The summed E-state index contributed by atoms with van der Waals surface area (Å²) in [6.07, 6.45) is 4.15. The summed E-state index contributed by atoms with van der Waals surface area (Å²) in [5.74, 6) is -0.188. The van der Waals surface area contributed by atoms with Crippen LogP contribution in [0.3, 0.4) is 0 Å². The molecule has 4 aromatic rings. The van der Waals surface area contributed by atoms with E-state index in [9.17, 15) is 9.59 Å². The summed E-state index contributed by atoms with van der Waals surface area (Å²) >= 11 is 0. The maximum Gasteiger partial charge on any atom is 0.271 e. The van der Waals surface area contributed by atoms with Crippen LogP contribution in [0, 0.1) is 0 Å². The van der Waals surface area contributed by atoms with Gasteiger partial charge in [0, 0.05) is 25.4 Å². The maximum atomic E-state index is 13.9. The smallest absolute Gasteiger partial charge is 0.271 e. The predicted molar refractivity (Wildman–Crippen MR) is 133 cm³/mol.